The minimum absolute atomic E-state index is 0.252. The van der Waals surface area contributed by atoms with Gasteiger partial charge in [-0.2, -0.15) is 0 Å². The first-order valence-corrected chi connectivity index (χ1v) is 11.2. The molecule has 0 N–H and O–H groups in total. The Morgan fingerprint density at radius 3 is 1.33 bits per heavy atom. The summed E-state index contributed by atoms with van der Waals surface area (Å²) in [5.74, 6) is -0.252. The number of alkyl halides is 1. The molecule has 0 aliphatic rings. The third-order valence-electron chi connectivity index (χ3n) is 4.09. The van der Waals surface area contributed by atoms with Gasteiger partial charge in [-0.1, -0.05) is 58.4 Å². The van der Waals surface area contributed by atoms with Gasteiger partial charge in [-0.15, -0.1) is 0 Å². The van der Waals surface area contributed by atoms with E-state index in [2.05, 4.69) is 26.3 Å². The fraction of sp³-hybridized carbons (Fsp3) is 0.619. The SMILES string of the molecule is C=CC[N+](CC=C)(CC=C)CC=C.O=S(=O)([O-])CCCCCCCCCF. The van der Waals surface area contributed by atoms with Crippen LogP contribution in [0.25, 0.3) is 0 Å². The van der Waals surface area contributed by atoms with Crippen molar-refractivity contribution in [2.24, 2.45) is 0 Å². The van der Waals surface area contributed by atoms with E-state index in [1.54, 1.807) is 0 Å². The van der Waals surface area contributed by atoms with E-state index < -0.39 is 10.1 Å². The average molecular weight is 404 g/mol. The topological polar surface area (TPSA) is 57.2 Å². The molecule has 0 amide bonds. The first kappa shape index (κ1) is 28.0. The van der Waals surface area contributed by atoms with Crippen LogP contribution in [0.5, 0.6) is 0 Å². The van der Waals surface area contributed by atoms with E-state index in [4.69, 9.17) is 0 Å². The highest BCUT2D eigenvalue weighted by atomic mass is 32.2. The van der Waals surface area contributed by atoms with Gasteiger partial charge in [0.1, 0.15) is 0 Å². The summed E-state index contributed by atoms with van der Waals surface area (Å²) in [5.41, 5.74) is 0. The lowest BCUT2D eigenvalue weighted by Crippen LogP contribution is -2.48. The number of halogens is 1. The lowest BCUT2D eigenvalue weighted by atomic mass is 10.1. The molecule has 0 saturated heterocycles. The second-order valence-electron chi connectivity index (χ2n) is 6.65. The lowest BCUT2D eigenvalue weighted by molar-refractivity contribution is -0.906. The van der Waals surface area contributed by atoms with Crippen LogP contribution in [0, 0.1) is 0 Å². The molecule has 0 atom stereocenters. The molecule has 6 heteroatoms. The summed E-state index contributed by atoms with van der Waals surface area (Å²) in [6.45, 7) is 18.6. The van der Waals surface area contributed by atoms with Crippen LogP contribution in [0.3, 0.4) is 0 Å². The van der Waals surface area contributed by atoms with Gasteiger partial charge in [0.25, 0.3) is 0 Å². The van der Waals surface area contributed by atoms with Gasteiger partial charge in [0.05, 0.1) is 43.0 Å². The molecule has 27 heavy (non-hydrogen) atoms. The smallest absolute Gasteiger partial charge is 0.0978 e. The Morgan fingerprint density at radius 2 is 1.04 bits per heavy atom. The van der Waals surface area contributed by atoms with Crippen LogP contribution in [-0.4, -0.2) is 56.1 Å². The van der Waals surface area contributed by atoms with Crippen LogP contribution >= 0.6 is 0 Å². The fourth-order valence-corrected chi connectivity index (χ4v) is 3.36. The van der Waals surface area contributed by atoms with E-state index in [0.717, 1.165) is 62.8 Å². The second kappa shape index (κ2) is 18.1. The highest BCUT2D eigenvalue weighted by Gasteiger charge is 2.20. The molecule has 4 nitrogen and oxygen atoms in total. The summed E-state index contributed by atoms with van der Waals surface area (Å²) in [7, 11) is -4.03. The van der Waals surface area contributed by atoms with Gasteiger partial charge in [-0.25, -0.2) is 8.42 Å². The number of unbranched alkanes of at least 4 members (excludes halogenated alkanes) is 6. The Morgan fingerprint density at radius 1 is 0.704 bits per heavy atom. The molecule has 0 rings (SSSR count). The maximum Gasteiger partial charge on any atom is 0.0978 e. The van der Waals surface area contributed by atoms with Gasteiger partial charge >= 0.3 is 0 Å². The van der Waals surface area contributed by atoms with Crippen LogP contribution in [0.2, 0.25) is 0 Å². The van der Waals surface area contributed by atoms with Gasteiger partial charge in [0.2, 0.25) is 0 Å². The molecule has 0 aromatic heterocycles. The van der Waals surface area contributed by atoms with Gasteiger partial charge < -0.3 is 9.04 Å². The maximum absolute atomic E-state index is 11.7. The van der Waals surface area contributed by atoms with Gasteiger partial charge in [0.15, 0.2) is 0 Å². The normalized spacial score (nSPS) is 11.2. The summed E-state index contributed by atoms with van der Waals surface area (Å²) in [6.07, 6.45) is 13.4. The largest absolute Gasteiger partial charge is 0.748 e. The molecule has 0 saturated carbocycles. The molecule has 0 aliphatic heterocycles. The van der Waals surface area contributed by atoms with Crippen molar-refractivity contribution in [1.29, 1.82) is 0 Å². The van der Waals surface area contributed by atoms with Crippen LogP contribution in [-0.2, 0) is 10.1 Å². The molecule has 0 spiro atoms. The highest BCUT2D eigenvalue weighted by Crippen LogP contribution is 2.08. The summed E-state index contributed by atoms with van der Waals surface area (Å²) in [4.78, 5) is 0. The van der Waals surface area contributed by atoms with Crippen molar-refractivity contribution in [2.75, 3.05) is 38.6 Å². The van der Waals surface area contributed by atoms with Crippen LogP contribution in [0.15, 0.2) is 50.6 Å². The Hall–Kier alpha value is -1.24. The zero-order valence-corrected chi connectivity index (χ0v) is 17.6. The predicted octanol–water partition coefficient (Wildman–Crippen LogP) is 4.78. The Kier molecular flexibility index (Phi) is 18.8. The van der Waals surface area contributed by atoms with E-state index in [9.17, 15) is 17.4 Å². The summed E-state index contributed by atoms with van der Waals surface area (Å²) >= 11 is 0. The molecule has 0 aliphatic carbocycles. The van der Waals surface area contributed by atoms with Gasteiger partial charge in [-0.3, -0.25) is 4.39 Å². The first-order chi connectivity index (χ1) is 12.8. The van der Waals surface area contributed by atoms with E-state index >= 15 is 0 Å². The molecule has 0 aromatic rings. The van der Waals surface area contributed by atoms with E-state index in [-0.39, 0.29) is 12.4 Å². The van der Waals surface area contributed by atoms with E-state index in [1.807, 2.05) is 24.3 Å². The van der Waals surface area contributed by atoms with Crippen LogP contribution in [0.4, 0.5) is 4.39 Å². The summed E-state index contributed by atoms with van der Waals surface area (Å²) in [5, 5.41) is 0. The number of quaternary nitrogens is 1. The Bertz CT molecular complexity index is 458. The fourth-order valence-electron chi connectivity index (χ4n) is 2.80. The molecule has 0 radical (unpaired) electrons. The Labute approximate surface area is 166 Å². The highest BCUT2D eigenvalue weighted by molar-refractivity contribution is 7.85. The molecule has 0 bridgehead atoms. The monoisotopic (exact) mass is 403 g/mol. The van der Waals surface area contributed by atoms with Crippen molar-refractivity contribution in [3.8, 4) is 0 Å². The van der Waals surface area contributed by atoms with Gasteiger partial charge in [0, 0.05) is 5.75 Å². The number of hydrogen-bond acceptors (Lipinski definition) is 3. The van der Waals surface area contributed by atoms with Crippen molar-refractivity contribution < 1.29 is 21.8 Å². The Balaban J connectivity index is 0. The standard InChI is InChI=1S/C12H20N.C9H19FO3S/c1-5-9-13(10-6-2,11-7-3)12-8-4;10-8-6-4-2-1-3-5-7-9-14(11,12)13/h5-8H,1-4,9-12H2;1-9H2,(H,11,12,13)/q+1;/p-1. The predicted molar refractivity (Wildman–Crippen MR) is 113 cm³/mol. The number of hydrogen-bond donors (Lipinski definition) is 0. The molecule has 0 fully saturated rings. The number of nitrogens with zero attached hydrogens (tertiary/aromatic N) is 1. The van der Waals surface area contributed by atoms with Crippen LogP contribution < -0.4 is 0 Å². The average Bonchev–Trinajstić information content (AvgIpc) is 2.58. The third kappa shape index (κ3) is 19.3. The molecular weight excluding hydrogens is 365 g/mol. The minimum atomic E-state index is -4.03. The van der Waals surface area contributed by atoms with E-state index in [0.29, 0.717) is 12.8 Å². The molecule has 0 aromatic carbocycles. The second-order valence-corrected chi connectivity index (χ2v) is 8.18. The van der Waals surface area contributed by atoms with Gasteiger partial charge in [-0.05, 0) is 37.1 Å². The van der Waals surface area contributed by atoms with E-state index in [1.165, 1.54) is 0 Å². The first-order valence-electron chi connectivity index (χ1n) is 9.59. The number of rotatable bonds is 17. The van der Waals surface area contributed by atoms with Crippen molar-refractivity contribution in [3.63, 3.8) is 0 Å². The summed E-state index contributed by atoms with van der Waals surface area (Å²) < 4.78 is 43.2. The quantitative estimate of drug-likeness (QED) is 0.152. The third-order valence-corrected chi connectivity index (χ3v) is 4.88. The minimum Gasteiger partial charge on any atom is -0.748 e. The van der Waals surface area contributed by atoms with Crippen molar-refractivity contribution in [1.82, 2.24) is 0 Å². The molecule has 0 unspecified atom stereocenters. The van der Waals surface area contributed by atoms with Crippen molar-refractivity contribution in [2.45, 2.75) is 44.9 Å². The zero-order valence-electron chi connectivity index (χ0n) is 16.8. The van der Waals surface area contributed by atoms with Crippen molar-refractivity contribution in [3.05, 3.63) is 50.6 Å². The summed E-state index contributed by atoms with van der Waals surface area (Å²) in [6, 6.07) is 0. The maximum atomic E-state index is 11.7. The van der Waals surface area contributed by atoms with Crippen LogP contribution in [0.1, 0.15) is 44.9 Å². The lowest BCUT2D eigenvalue weighted by Gasteiger charge is -2.35. The molecule has 0 heterocycles. The van der Waals surface area contributed by atoms with Crippen molar-refractivity contribution >= 4 is 10.1 Å². The zero-order chi connectivity index (χ0) is 21.0. The molecular formula is C21H38FNO3S. The molecule has 158 valence electrons.